The lowest BCUT2D eigenvalue weighted by molar-refractivity contribution is 0.992. The van der Waals surface area contributed by atoms with Gasteiger partial charge in [-0.1, -0.05) is 0 Å². The van der Waals surface area contributed by atoms with Crippen molar-refractivity contribution < 1.29 is 0 Å². The Morgan fingerprint density at radius 3 is 2.84 bits per heavy atom. The molecule has 0 saturated carbocycles. The monoisotopic (exact) mass is 257 g/mol. The van der Waals surface area contributed by atoms with Gasteiger partial charge in [-0.05, 0) is 6.07 Å². The minimum absolute atomic E-state index is 0.275. The second kappa shape index (κ2) is 4.16. The number of nitrogens with one attached hydrogen (secondary N) is 2. The van der Waals surface area contributed by atoms with Crippen molar-refractivity contribution in [3.8, 4) is 11.5 Å². The van der Waals surface area contributed by atoms with Crippen LogP contribution in [-0.4, -0.2) is 44.0 Å². The first-order valence-electron chi connectivity index (χ1n) is 5.59. The summed E-state index contributed by atoms with van der Waals surface area (Å²) in [6.45, 7) is 0. The summed E-state index contributed by atoms with van der Waals surface area (Å²) in [7, 11) is 3.68. The maximum Gasteiger partial charge on any atom is 0.277 e. The molecule has 0 fully saturated rings. The lowest BCUT2D eigenvalue weighted by atomic mass is 10.3. The Bertz CT molecular complexity index is 789. The molecule has 0 radical (unpaired) electrons. The van der Waals surface area contributed by atoms with E-state index < -0.39 is 0 Å². The molecule has 0 atom stereocenters. The first-order chi connectivity index (χ1) is 9.15. The number of nitrogens with zero attached hydrogens (tertiary/aromatic N) is 5. The van der Waals surface area contributed by atoms with Gasteiger partial charge in [0.05, 0.1) is 6.33 Å². The summed E-state index contributed by atoms with van der Waals surface area (Å²) < 4.78 is 0. The Morgan fingerprint density at radius 2 is 2.05 bits per heavy atom. The SMILES string of the molecule is CN(C)c1nccc(-c2nc3nc[nH]c3c(=O)[nH]2)n1. The predicted molar refractivity (Wildman–Crippen MR) is 69.9 cm³/mol. The van der Waals surface area contributed by atoms with Crippen LogP contribution in [0.1, 0.15) is 0 Å². The molecule has 8 nitrogen and oxygen atoms in total. The third-order valence-electron chi connectivity index (χ3n) is 2.58. The quantitative estimate of drug-likeness (QED) is 0.678. The van der Waals surface area contributed by atoms with Crippen LogP contribution in [0.25, 0.3) is 22.7 Å². The number of H-pyrrole nitrogens is 2. The van der Waals surface area contributed by atoms with Gasteiger partial charge >= 0.3 is 0 Å². The van der Waals surface area contributed by atoms with E-state index in [1.807, 2.05) is 14.1 Å². The highest BCUT2D eigenvalue weighted by Crippen LogP contribution is 2.14. The molecule has 0 aliphatic carbocycles. The lowest BCUT2D eigenvalue weighted by Crippen LogP contribution is -2.14. The van der Waals surface area contributed by atoms with Crippen LogP contribution in [0.15, 0.2) is 23.4 Å². The van der Waals surface area contributed by atoms with Crippen LogP contribution in [0.4, 0.5) is 5.95 Å². The highest BCUT2D eigenvalue weighted by molar-refractivity contribution is 5.71. The Morgan fingerprint density at radius 1 is 1.21 bits per heavy atom. The van der Waals surface area contributed by atoms with Gasteiger partial charge in [0.25, 0.3) is 5.56 Å². The number of anilines is 1. The van der Waals surface area contributed by atoms with E-state index in [1.54, 1.807) is 17.2 Å². The van der Waals surface area contributed by atoms with Crippen LogP contribution in [0.3, 0.4) is 0 Å². The highest BCUT2D eigenvalue weighted by Gasteiger charge is 2.10. The molecule has 3 aromatic heterocycles. The van der Waals surface area contributed by atoms with E-state index in [-0.39, 0.29) is 5.56 Å². The third-order valence-corrected chi connectivity index (χ3v) is 2.58. The molecule has 0 aliphatic heterocycles. The van der Waals surface area contributed by atoms with Crippen LogP contribution in [0, 0.1) is 0 Å². The van der Waals surface area contributed by atoms with Gasteiger partial charge in [0, 0.05) is 20.3 Å². The summed E-state index contributed by atoms with van der Waals surface area (Å²) in [6.07, 6.45) is 3.05. The number of aromatic nitrogens is 6. The zero-order chi connectivity index (χ0) is 13.4. The number of hydrogen-bond donors (Lipinski definition) is 2. The molecular formula is C11H11N7O. The van der Waals surface area contributed by atoms with Crippen molar-refractivity contribution in [2.75, 3.05) is 19.0 Å². The van der Waals surface area contributed by atoms with E-state index in [0.717, 1.165) is 0 Å². The van der Waals surface area contributed by atoms with Crippen LogP contribution in [-0.2, 0) is 0 Å². The van der Waals surface area contributed by atoms with Gasteiger partial charge in [0.1, 0.15) is 5.69 Å². The Kier molecular flexibility index (Phi) is 2.48. The van der Waals surface area contributed by atoms with Gasteiger partial charge < -0.3 is 14.9 Å². The second-order valence-corrected chi connectivity index (χ2v) is 4.15. The van der Waals surface area contributed by atoms with Crippen molar-refractivity contribution in [2.24, 2.45) is 0 Å². The summed E-state index contributed by atoms with van der Waals surface area (Å²) in [5.74, 6) is 0.914. The summed E-state index contributed by atoms with van der Waals surface area (Å²) in [6, 6.07) is 1.68. The van der Waals surface area contributed by atoms with Gasteiger partial charge in [-0.3, -0.25) is 4.79 Å². The minimum Gasteiger partial charge on any atom is -0.347 e. The van der Waals surface area contributed by atoms with Gasteiger partial charge in [-0.25, -0.2) is 19.9 Å². The van der Waals surface area contributed by atoms with Crippen molar-refractivity contribution >= 4 is 17.1 Å². The van der Waals surface area contributed by atoms with Gasteiger partial charge in [-0.2, -0.15) is 0 Å². The summed E-state index contributed by atoms with van der Waals surface area (Å²) in [5.41, 5.74) is 0.984. The maximum atomic E-state index is 11.8. The molecule has 8 heteroatoms. The standard InChI is InChI=1S/C11H11N7O/c1-18(2)11-12-4-3-6(15-11)8-16-9-7(10(19)17-8)13-5-14-9/h3-5H,1-2H3,(H2,13,14,16,17,19). The topological polar surface area (TPSA) is 103 Å². The van der Waals surface area contributed by atoms with Crippen molar-refractivity contribution in [3.05, 3.63) is 28.9 Å². The van der Waals surface area contributed by atoms with Crippen molar-refractivity contribution in [2.45, 2.75) is 0 Å². The fourth-order valence-electron chi connectivity index (χ4n) is 1.66. The van der Waals surface area contributed by atoms with Gasteiger partial charge in [0.15, 0.2) is 17.0 Å². The van der Waals surface area contributed by atoms with Crippen molar-refractivity contribution in [3.63, 3.8) is 0 Å². The number of hydrogen-bond acceptors (Lipinski definition) is 6. The Hall–Kier alpha value is -2.77. The predicted octanol–water partition coefficient (Wildman–Crippen LogP) is 0.169. The zero-order valence-corrected chi connectivity index (χ0v) is 10.4. The van der Waals surface area contributed by atoms with Gasteiger partial charge in [-0.15, -0.1) is 0 Å². The van der Waals surface area contributed by atoms with Crippen LogP contribution >= 0.6 is 0 Å². The molecule has 3 heterocycles. The van der Waals surface area contributed by atoms with E-state index in [9.17, 15) is 4.79 Å². The first-order valence-corrected chi connectivity index (χ1v) is 5.59. The maximum absolute atomic E-state index is 11.8. The van der Waals surface area contributed by atoms with Crippen LogP contribution in [0.2, 0.25) is 0 Å². The van der Waals surface area contributed by atoms with Crippen LogP contribution < -0.4 is 10.5 Å². The fourth-order valence-corrected chi connectivity index (χ4v) is 1.66. The Labute approximate surface area is 107 Å². The summed E-state index contributed by atoms with van der Waals surface area (Å²) in [4.78, 5) is 35.7. The molecular weight excluding hydrogens is 246 g/mol. The average molecular weight is 257 g/mol. The number of aromatic amines is 2. The average Bonchev–Trinajstić information content (AvgIpc) is 2.87. The molecule has 0 aliphatic rings. The van der Waals surface area contributed by atoms with E-state index in [0.29, 0.717) is 28.6 Å². The number of rotatable bonds is 2. The van der Waals surface area contributed by atoms with Crippen LogP contribution in [0.5, 0.6) is 0 Å². The largest absolute Gasteiger partial charge is 0.347 e. The van der Waals surface area contributed by atoms with Gasteiger partial charge in [0.2, 0.25) is 5.95 Å². The van der Waals surface area contributed by atoms with Crippen molar-refractivity contribution in [1.82, 2.24) is 29.9 Å². The van der Waals surface area contributed by atoms with E-state index in [1.165, 1.54) is 6.33 Å². The molecule has 0 aromatic carbocycles. The fraction of sp³-hybridized carbons (Fsp3) is 0.182. The molecule has 19 heavy (non-hydrogen) atoms. The van der Waals surface area contributed by atoms with E-state index >= 15 is 0 Å². The second-order valence-electron chi connectivity index (χ2n) is 4.15. The summed E-state index contributed by atoms with van der Waals surface area (Å²) in [5, 5.41) is 0. The number of fused-ring (bicyclic) bond motifs is 1. The van der Waals surface area contributed by atoms with E-state index in [2.05, 4.69) is 29.9 Å². The van der Waals surface area contributed by atoms with Crippen molar-refractivity contribution in [1.29, 1.82) is 0 Å². The zero-order valence-electron chi connectivity index (χ0n) is 10.4. The normalized spacial score (nSPS) is 10.8. The van der Waals surface area contributed by atoms with E-state index in [4.69, 9.17) is 0 Å². The Balaban J connectivity index is 2.18. The molecule has 2 N–H and O–H groups in total. The third kappa shape index (κ3) is 1.92. The molecule has 3 rings (SSSR count). The summed E-state index contributed by atoms with van der Waals surface area (Å²) >= 11 is 0. The molecule has 0 unspecified atom stereocenters. The number of imidazole rings is 1. The first kappa shape index (κ1) is 11.3. The molecule has 0 amide bonds. The lowest BCUT2D eigenvalue weighted by Gasteiger charge is -2.10. The minimum atomic E-state index is -0.275. The molecule has 0 saturated heterocycles. The molecule has 3 aromatic rings. The molecule has 0 bridgehead atoms. The smallest absolute Gasteiger partial charge is 0.277 e. The molecule has 96 valence electrons. The molecule has 0 spiro atoms. The highest BCUT2D eigenvalue weighted by atomic mass is 16.1.